The second kappa shape index (κ2) is 11.6. The molecule has 0 aliphatic carbocycles. The normalized spacial score (nSPS) is 19.6. The van der Waals surface area contributed by atoms with Crippen LogP contribution in [0.15, 0.2) is 60.7 Å². The number of hydrogen-bond donors (Lipinski definition) is 4. The third-order valence-corrected chi connectivity index (χ3v) is 6.00. The van der Waals surface area contributed by atoms with E-state index in [1.54, 1.807) is 6.92 Å². The van der Waals surface area contributed by atoms with Gasteiger partial charge in [-0.25, -0.2) is 0 Å². The molecule has 1 atom stereocenters. The van der Waals surface area contributed by atoms with Gasteiger partial charge in [0.1, 0.15) is 38.3 Å². The van der Waals surface area contributed by atoms with Crippen LogP contribution in [0.25, 0.3) is 0 Å². The fourth-order valence-corrected chi connectivity index (χ4v) is 4.33. The molecular weight excluding hydrogens is 388 g/mol. The summed E-state index contributed by atoms with van der Waals surface area (Å²) in [5, 5.41) is 5.67. The van der Waals surface area contributed by atoms with Gasteiger partial charge in [0.25, 0.3) is 5.91 Å². The summed E-state index contributed by atoms with van der Waals surface area (Å²) in [4.78, 5) is 27.2. The van der Waals surface area contributed by atoms with Gasteiger partial charge in [-0.2, -0.15) is 0 Å². The molecule has 0 radical (unpaired) electrons. The molecule has 0 spiro atoms. The van der Waals surface area contributed by atoms with Crippen LogP contribution in [-0.4, -0.2) is 57.1 Å². The van der Waals surface area contributed by atoms with Crippen LogP contribution in [0.4, 0.5) is 0 Å². The van der Waals surface area contributed by atoms with E-state index in [0.29, 0.717) is 19.1 Å². The van der Waals surface area contributed by atoms with Gasteiger partial charge in [0.05, 0.1) is 0 Å². The third kappa shape index (κ3) is 6.64. The number of nitrogens with one attached hydrogen (secondary N) is 4. The molecule has 1 saturated heterocycles. The van der Waals surface area contributed by atoms with Crippen LogP contribution >= 0.6 is 0 Å². The Labute approximate surface area is 185 Å². The van der Waals surface area contributed by atoms with Crippen molar-refractivity contribution in [2.45, 2.75) is 32.4 Å². The lowest BCUT2D eigenvalue weighted by atomic mass is 9.96. The van der Waals surface area contributed by atoms with Crippen molar-refractivity contribution < 1.29 is 19.4 Å². The topological polar surface area (TPSA) is 67.1 Å². The van der Waals surface area contributed by atoms with Crippen molar-refractivity contribution in [1.82, 2.24) is 10.6 Å². The molecule has 31 heavy (non-hydrogen) atoms. The van der Waals surface area contributed by atoms with Gasteiger partial charge >= 0.3 is 0 Å². The molecule has 0 aromatic heterocycles. The molecule has 2 amide bonds. The second-order valence-electron chi connectivity index (χ2n) is 8.42. The van der Waals surface area contributed by atoms with Crippen molar-refractivity contribution in [3.05, 3.63) is 71.8 Å². The smallest absolute Gasteiger partial charge is 0.275 e. The lowest BCUT2D eigenvalue weighted by Gasteiger charge is -2.35. The van der Waals surface area contributed by atoms with Crippen LogP contribution in [0.1, 0.15) is 37.4 Å². The van der Waals surface area contributed by atoms with Crippen LogP contribution in [0.2, 0.25) is 0 Å². The minimum atomic E-state index is -0.495. The quantitative estimate of drug-likeness (QED) is 0.442. The number of hydrogen-bond acceptors (Lipinski definition) is 2. The van der Waals surface area contributed by atoms with E-state index >= 15 is 0 Å². The number of amides is 2. The lowest BCUT2D eigenvalue weighted by Crippen LogP contribution is -3.28. The molecular formula is C25H36N4O2+2. The first-order valence-electron chi connectivity index (χ1n) is 11.4. The van der Waals surface area contributed by atoms with Crippen molar-refractivity contribution >= 4 is 11.8 Å². The van der Waals surface area contributed by atoms with E-state index < -0.39 is 6.04 Å². The summed E-state index contributed by atoms with van der Waals surface area (Å²) in [6.45, 7) is 8.69. The highest BCUT2D eigenvalue weighted by Gasteiger charge is 2.32. The molecule has 1 aliphatic heterocycles. The molecule has 2 aromatic rings. The maximum absolute atomic E-state index is 12.4. The van der Waals surface area contributed by atoms with Crippen molar-refractivity contribution in [2.24, 2.45) is 0 Å². The Hall–Kier alpha value is -2.70. The maximum Gasteiger partial charge on any atom is 0.275 e. The predicted molar refractivity (Wildman–Crippen MR) is 122 cm³/mol. The van der Waals surface area contributed by atoms with Crippen LogP contribution in [-0.2, 0) is 9.59 Å². The molecule has 3 rings (SSSR count). The lowest BCUT2D eigenvalue weighted by molar-refractivity contribution is -1.02. The summed E-state index contributed by atoms with van der Waals surface area (Å²) in [6.07, 6.45) is 0.885. The van der Waals surface area contributed by atoms with E-state index in [2.05, 4.69) is 71.3 Å². The number of carbonyl (C=O) groups is 2. The molecule has 2 aromatic carbocycles. The number of piperazine rings is 1. The average Bonchev–Trinajstić information content (AvgIpc) is 2.80. The van der Waals surface area contributed by atoms with Crippen molar-refractivity contribution in [1.29, 1.82) is 0 Å². The van der Waals surface area contributed by atoms with Gasteiger partial charge < -0.3 is 20.4 Å². The zero-order chi connectivity index (χ0) is 22.1. The van der Waals surface area contributed by atoms with Gasteiger partial charge in [-0.1, -0.05) is 67.6 Å². The van der Waals surface area contributed by atoms with Crippen LogP contribution in [0, 0.1) is 0 Å². The third-order valence-electron chi connectivity index (χ3n) is 6.00. The Morgan fingerprint density at radius 3 is 1.97 bits per heavy atom. The highest BCUT2D eigenvalue weighted by atomic mass is 16.2. The van der Waals surface area contributed by atoms with E-state index in [9.17, 15) is 9.59 Å². The fourth-order valence-electron chi connectivity index (χ4n) is 4.33. The summed E-state index contributed by atoms with van der Waals surface area (Å²) >= 11 is 0. The zero-order valence-electron chi connectivity index (χ0n) is 18.7. The molecule has 1 aliphatic rings. The van der Waals surface area contributed by atoms with Crippen molar-refractivity contribution in [3.8, 4) is 0 Å². The van der Waals surface area contributed by atoms with E-state index in [1.165, 1.54) is 20.9 Å². The highest BCUT2D eigenvalue weighted by Crippen LogP contribution is 2.18. The number of carbonyl (C=O) groups excluding carboxylic acids is 2. The van der Waals surface area contributed by atoms with Crippen molar-refractivity contribution in [2.75, 3.05) is 39.3 Å². The SMILES string of the molecule is CCCNC(=O)[C@H](C)NC(=O)C[NH+]1CC[NH+](C(c2ccccc2)c2ccccc2)CC1. The molecule has 0 unspecified atom stereocenters. The minimum absolute atomic E-state index is 0.0553. The molecule has 1 heterocycles. The Morgan fingerprint density at radius 1 is 0.903 bits per heavy atom. The Balaban J connectivity index is 1.55. The van der Waals surface area contributed by atoms with Gasteiger partial charge in [0.15, 0.2) is 6.54 Å². The van der Waals surface area contributed by atoms with E-state index in [0.717, 1.165) is 32.6 Å². The van der Waals surface area contributed by atoms with Crippen molar-refractivity contribution in [3.63, 3.8) is 0 Å². The largest absolute Gasteiger partial charge is 0.354 e. The fraction of sp³-hybridized carbons (Fsp3) is 0.440. The van der Waals surface area contributed by atoms with Crippen LogP contribution in [0.5, 0.6) is 0 Å². The summed E-state index contributed by atoms with van der Waals surface area (Å²) in [5.74, 6) is -0.173. The first kappa shape index (κ1) is 23.0. The summed E-state index contributed by atoms with van der Waals surface area (Å²) in [7, 11) is 0. The summed E-state index contributed by atoms with van der Waals surface area (Å²) in [5.41, 5.74) is 2.66. The van der Waals surface area contributed by atoms with E-state index in [-0.39, 0.29) is 11.8 Å². The Bertz CT molecular complexity index is 780. The van der Waals surface area contributed by atoms with Gasteiger partial charge in [-0.3, -0.25) is 9.59 Å². The van der Waals surface area contributed by atoms with Crippen LogP contribution < -0.4 is 20.4 Å². The monoisotopic (exact) mass is 424 g/mol. The highest BCUT2D eigenvalue weighted by molar-refractivity contribution is 5.87. The van der Waals surface area contributed by atoms with Gasteiger partial charge in [-0.15, -0.1) is 0 Å². The Kier molecular flexibility index (Phi) is 8.62. The molecule has 0 bridgehead atoms. The molecule has 6 nitrogen and oxygen atoms in total. The zero-order valence-corrected chi connectivity index (χ0v) is 18.7. The summed E-state index contributed by atoms with van der Waals surface area (Å²) < 4.78 is 0. The van der Waals surface area contributed by atoms with Gasteiger partial charge in [0, 0.05) is 17.7 Å². The Morgan fingerprint density at radius 2 is 1.45 bits per heavy atom. The number of quaternary nitrogens is 2. The molecule has 0 saturated carbocycles. The predicted octanol–water partition coefficient (Wildman–Crippen LogP) is -0.410. The number of rotatable bonds is 9. The standard InChI is InChI=1S/C25H34N4O2/c1-3-14-26-25(31)20(2)27-23(30)19-28-15-17-29(18-16-28)24(21-10-6-4-7-11-21)22-12-8-5-9-13-22/h4-13,20,24H,3,14-19H2,1-2H3,(H,26,31)(H,27,30)/p+2/t20-/m0/s1. The van der Waals surface area contributed by atoms with Gasteiger partial charge in [0.2, 0.25) is 5.91 Å². The van der Waals surface area contributed by atoms with E-state index in [1.807, 2.05) is 6.92 Å². The minimum Gasteiger partial charge on any atom is -0.354 e. The first-order valence-corrected chi connectivity index (χ1v) is 11.4. The molecule has 4 N–H and O–H groups in total. The van der Waals surface area contributed by atoms with Gasteiger partial charge in [-0.05, 0) is 13.3 Å². The summed E-state index contributed by atoms with van der Waals surface area (Å²) in [6, 6.07) is 21.2. The van der Waals surface area contributed by atoms with Crippen LogP contribution in [0.3, 0.4) is 0 Å². The number of benzene rings is 2. The second-order valence-corrected chi connectivity index (χ2v) is 8.42. The van der Waals surface area contributed by atoms with E-state index in [4.69, 9.17) is 0 Å². The molecule has 1 fully saturated rings. The molecule has 166 valence electrons. The first-order chi connectivity index (χ1) is 15.1. The molecule has 6 heteroatoms. The average molecular weight is 425 g/mol. The maximum atomic E-state index is 12.4.